The number of halogens is 1. The lowest BCUT2D eigenvalue weighted by molar-refractivity contribution is -0.130. The van der Waals surface area contributed by atoms with Crippen molar-refractivity contribution in [3.05, 3.63) is 104 Å². The molecule has 4 aromatic carbocycles. The number of carboxylic acid groups (broad SMARTS) is 1. The largest absolute Gasteiger partial charge is 0.507 e. The van der Waals surface area contributed by atoms with Crippen LogP contribution in [0.1, 0.15) is 39.9 Å². The van der Waals surface area contributed by atoms with Crippen LogP contribution in [0.15, 0.2) is 78.4 Å². The molecule has 0 aliphatic carbocycles. The van der Waals surface area contributed by atoms with Crippen LogP contribution < -0.4 is 33.7 Å². The van der Waals surface area contributed by atoms with Crippen LogP contribution in [0.4, 0.5) is 0 Å². The van der Waals surface area contributed by atoms with Gasteiger partial charge in [0.15, 0.2) is 28.8 Å². The molecule has 1 aliphatic rings. The van der Waals surface area contributed by atoms with Gasteiger partial charge in [-0.1, -0.05) is 12.1 Å². The van der Waals surface area contributed by atoms with Gasteiger partial charge >= 0.3 is 5.97 Å². The third kappa shape index (κ3) is 9.26. The molecule has 0 aromatic heterocycles. The van der Waals surface area contributed by atoms with Gasteiger partial charge in [0.05, 0.1) is 37.1 Å². The van der Waals surface area contributed by atoms with E-state index in [0.29, 0.717) is 59.4 Å². The maximum Gasteiger partial charge on any atom is 0.336 e. The molecule has 4 aromatic rings. The van der Waals surface area contributed by atoms with Crippen LogP contribution in [0.25, 0.3) is 5.57 Å². The molecule has 0 radical (unpaired) electrons. The molecular formula is C39H38INO11. The highest BCUT2D eigenvalue weighted by molar-refractivity contribution is 14.1. The van der Waals surface area contributed by atoms with Crippen LogP contribution in [0.3, 0.4) is 0 Å². The van der Waals surface area contributed by atoms with E-state index in [2.05, 4.69) is 27.9 Å². The Kier molecular flexibility index (Phi) is 12.8. The number of carbonyl (C=O) groups is 3. The molecule has 0 saturated heterocycles. The number of benzene rings is 4. The van der Waals surface area contributed by atoms with Crippen molar-refractivity contribution in [1.29, 1.82) is 0 Å². The van der Waals surface area contributed by atoms with Gasteiger partial charge < -0.3 is 44.0 Å². The van der Waals surface area contributed by atoms with Crippen LogP contribution in [-0.2, 0) is 22.4 Å². The highest BCUT2D eigenvalue weighted by atomic mass is 125. The normalized spacial score (nSPS) is 12.1. The van der Waals surface area contributed by atoms with Crippen LogP contribution in [-0.4, -0.2) is 69.1 Å². The van der Waals surface area contributed by atoms with E-state index in [0.717, 1.165) is 9.13 Å². The molecule has 0 saturated carbocycles. The number of Topliss-reactive ketones (excluding diaryl/α,β-unsaturated/α-hetero) is 1. The van der Waals surface area contributed by atoms with Crippen molar-refractivity contribution in [2.24, 2.45) is 0 Å². The number of hydrogen-bond acceptors (Lipinski definition) is 10. The van der Waals surface area contributed by atoms with E-state index in [4.69, 9.17) is 28.4 Å². The van der Waals surface area contributed by atoms with Gasteiger partial charge in [0.2, 0.25) is 18.4 Å². The fourth-order valence-corrected chi connectivity index (χ4v) is 6.21. The van der Waals surface area contributed by atoms with E-state index in [1.165, 1.54) is 21.3 Å². The highest BCUT2D eigenvalue weighted by Gasteiger charge is 2.27. The van der Waals surface area contributed by atoms with Crippen molar-refractivity contribution >= 4 is 45.8 Å². The number of methoxy groups -OCH3 is 3. The van der Waals surface area contributed by atoms with Gasteiger partial charge in [-0.2, -0.15) is 0 Å². The zero-order valence-corrected chi connectivity index (χ0v) is 31.0. The number of carbonyl (C=O) groups excluding carboxylic acids is 2. The number of aliphatic carboxylic acids is 1. The molecule has 1 heterocycles. The minimum Gasteiger partial charge on any atom is -0.507 e. The van der Waals surface area contributed by atoms with E-state index in [9.17, 15) is 24.6 Å². The maximum atomic E-state index is 14.2. The Morgan fingerprint density at radius 2 is 1.56 bits per heavy atom. The lowest BCUT2D eigenvalue weighted by atomic mass is 9.89. The molecule has 0 fully saturated rings. The number of carboxylic acids is 1. The zero-order valence-electron chi connectivity index (χ0n) is 28.8. The van der Waals surface area contributed by atoms with Crippen molar-refractivity contribution < 1.29 is 53.0 Å². The molecule has 1 amide bonds. The summed E-state index contributed by atoms with van der Waals surface area (Å²) in [5.41, 5.74) is 1.85. The SMILES string of the molecule is COc1ccc(C(=O)/C(Cc2cc(OC)c(OC)c(OCCCC(=O)NCCc3ccc(O)c([125I])c3)c2)=C(\C(=O)O)c2ccc3c(c2)OCO3)cc1. The fraction of sp³-hybridized carbons (Fsp3) is 0.256. The number of ketones is 1. The van der Waals surface area contributed by atoms with E-state index < -0.39 is 11.8 Å². The first-order chi connectivity index (χ1) is 25.1. The van der Waals surface area contributed by atoms with Gasteiger partial charge in [0.1, 0.15) is 11.5 Å². The van der Waals surface area contributed by atoms with Crippen molar-refractivity contribution in [3.8, 4) is 40.2 Å². The number of aromatic hydroxyl groups is 1. The molecular weight excluding hydrogens is 783 g/mol. The van der Waals surface area contributed by atoms with E-state index in [1.54, 1.807) is 60.7 Å². The second-order valence-electron chi connectivity index (χ2n) is 11.6. The fourth-order valence-electron chi connectivity index (χ4n) is 5.63. The Morgan fingerprint density at radius 1 is 0.827 bits per heavy atom. The molecule has 0 unspecified atom stereocenters. The van der Waals surface area contributed by atoms with E-state index in [-0.39, 0.29) is 60.2 Å². The van der Waals surface area contributed by atoms with Crippen LogP contribution in [0, 0.1) is 3.57 Å². The third-order valence-corrected chi connectivity index (χ3v) is 9.11. The van der Waals surface area contributed by atoms with Crippen LogP contribution >= 0.6 is 22.6 Å². The summed E-state index contributed by atoms with van der Waals surface area (Å²) < 4.78 is 34.2. The predicted molar refractivity (Wildman–Crippen MR) is 200 cm³/mol. The second kappa shape index (κ2) is 17.7. The summed E-state index contributed by atoms with van der Waals surface area (Å²) in [7, 11) is 4.44. The molecule has 13 heteroatoms. The first-order valence-corrected chi connectivity index (χ1v) is 17.4. The third-order valence-electron chi connectivity index (χ3n) is 8.24. The average Bonchev–Trinajstić information content (AvgIpc) is 3.62. The summed E-state index contributed by atoms with van der Waals surface area (Å²) in [5, 5.41) is 23.2. The minimum atomic E-state index is -1.30. The minimum absolute atomic E-state index is 0.00215. The Balaban J connectivity index is 1.37. The topological polar surface area (TPSA) is 159 Å². The standard InChI is InChI=1S/C39H38INO11/c1-47-27-10-7-25(8-11-27)37(44)28(36(39(45)46)26-9-13-31-32(21-26)52-22-51-31)17-24-19-33(48-2)38(49-3)34(20-24)50-16-4-5-35(43)41-15-14-23-6-12-30(42)29(40)18-23/h6-13,18-21,42H,4-5,14-17,22H2,1-3H3,(H,41,43)(H,45,46)/b36-28-/i40-2. The van der Waals surface area contributed by atoms with Gasteiger partial charge in [0.25, 0.3) is 0 Å². The van der Waals surface area contributed by atoms with Crippen LogP contribution in [0.2, 0.25) is 0 Å². The summed E-state index contributed by atoms with van der Waals surface area (Å²) in [4.78, 5) is 39.6. The number of fused-ring (bicyclic) bond motifs is 1. The number of nitrogens with one attached hydrogen (secondary N) is 1. The summed E-state index contributed by atoms with van der Waals surface area (Å²) >= 11 is 2.06. The number of hydrogen-bond donors (Lipinski definition) is 3. The molecule has 3 N–H and O–H groups in total. The quantitative estimate of drug-likeness (QED) is 0.0480. The molecule has 272 valence electrons. The molecule has 52 heavy (non-hydrogen) atoms. The summed E-state index contributed by atoms with van der Waals surface area (Å²) in [6.07, 6.45) is 1.12. The van der Waals surface area contributed by atoms with Gasteiger partial charge in [0, 0.05) is 30.5 Å². The van der Waals surface area contributed by atoms with Crippen molar-refractivity contribution in [2.45, 2.75) is 25.7 Å². The van der Waals surface area contributed by atoms with Gasteiger partial charge in [-0.3, -0.25) is 9.59 Å². The first kappa shape index (κ1) is 37.8. The van der Waals surface area contributed by atoms with Crippen LogP contribution in [0.5, 0.6) is 40.2 Å². The van der Waals surface area contributed by atoms with Crippen molar-refractivity contribution in [2.75, 3.05) is 41.3 Å². The molecule has 0 bridgehead atoms. The number of rotatable bonds is 17. The number of phenols is 1. The lowest BCUT2D eigenvalue weighted by Gasteiger charge is -2.18. The molecule has 0 atom stereocenters. The molecule has 0 spiro atoms. The predicted octanol–water partition coefficient (Wildman–Crippen LogP) is 6.23. The number of phenolic OH excluding ortho intramolecular Hbond substituents is 1. The highest BCUT2D eigenvalue weighted by Crippen LogP contribution is 2.41. The molecule has 12 nitrogen and oxygen atoms in total. The summed E-state index contributed by atoms with van der Waals surface area (Å²) in [6, 6.07) is 19.8. The monoisotopic (exact) mass is 821 g/mol. The molecule has 1 aliphatic heterocycles. The van der Waals surface area contributed by atoms with E-state index >= 15 is 0 Å². The average molecular weight is 822 g/mol. The Labute approximate surface area is 314 Å². The zero-order chi connectivity index (χ0) is 37.2. The van der Waals surface area contributed by atoms with Crippen molar-refractivity contribution in [3.63, 3.8) is 0 Å². The first-order valence-electron chi connectivity index (χ1n) is 16.3. The smallest absolute Gasteiger partial charge is 0.336 e. The van der Waals surface area contributed by atoms with Gasteiger partial charge in [-0.15, -0.1) is 0 Å². The van der Waals surface area contributed by atoms with Crippen molar-refractivity contribution in [1.82, 2.24) is 5.32 Å². The second-order valence-corrected chi connectivity index (χ2v) is 12.8. The molecule has 5 rings (SSSR count). The summed E-state index contributed by atoms with van der Waals surface area (Å²) in [6.45, 7) is 0.614. The Morgan fingerprint density at radius 3 is 2.25 bits per heavy atom. The number of ether oxygens (including phenoxy) is 6. The number of amides is 1. The Hall–Kier alpha value is -5.44. The maximum absolute atomic E-state index is 14.2. The van der Waals surface area contributed by atoms with E-state index in [1.807, 2.05) is 12.1 Å². The lowest BCUT2D eigenvalue weighted by Crippen LogP contribution is -2.25. The summed E-state index contributed by atoms with van der Waals surface area (Å²) in [5.74, 6) is 0.591. The van der Waals surface area contributed by atoms with Gasteiger partial charge in [-0.25, -0.2) is 4.79 Å². The van der Waals surface area contributed by atoms with Gasteiger partial charge in [-0.05, 0) is 113 Å². The number of allylic oxidation sites excluding steroid dienone is 1. The Bertz CT molecular complexity index is 1970.